The molecule has 0 heterocycles. The van der Waals surface area contributed by atoms with E-state index in [9.17, 15) is 0 Å². The van der Waals surface area contributed by atoms with Crippen LogP contribution in [0.2, 0.25) is 0 Å². The molecule has 13 heavy (non-hydrogen) atoms. The van der Waals surface area contributed by atoms with E-state index in [2.05, 4.69) is 6.92 Å². The van der Waals surface area contributed by atoms with Gasteiger partial charge in [-0.25, -0.2) is 0 Å². The molecule has 0 aromatic rings. The van der Waals surface area contributed by atoms with Crippen molar-refractivity contribution in [3.8, 4) is 0 Å². The molecule has 3 unspecified atom stereocenters. The van der Waals surface area contributed by atoms with Crippen molar-refractivity contribution in [1.29, 1.82) is 0 Å². The molecule has 4 atom stereocenters. The molecule has 0 amide bonds. The Morgan fingerprint density at radius 3 is 2.85 bits per heavy atom. The van der Waals surface area contributed by atoms with E-state index in [-0.39, 0.29) is 0 Å². The van der Waals surface area contributed by atoms with Gasteiger partial charge in [0.15, 0.2) is 0 Å². The van der Waals surface area contributed by atoms with Gasteiger partial charge in [0.25, 0.3) is 0 Å². The van der Waals surface area contributed by atoms with Gasteiger partial charge >= 0.3 is 0 Å². The third-order valence-corrected chi connectivity index (χ3v) is 5.43. The lowest BCUT2D eigenvalue weighted by Crippen LogP contribution is -2.22. The van der Waals surface area contributed by atoms with Crippen LogP contribution in [0.1, 0.15) is 58.3 Å². The maximum Gasteiger partial charge on any atom is -0.0269 e. The summed E-state index contributed by atoms with van der Waals surface area (Å²) in [4.78, 5) is 0. The standard InChI is InChI=1S/C13H22/c1-10-7-12-8-11-3-2-5-13(10,9-12)6-4-11/h10-12H,2-9H2,1H3/t10?,11?,12-,13?/m1/s1. The van der Waals surface area contributed by atoms with Crippen molar-refractivity contribution in [1.82, 2.24) is 0 Å². The molecule has 3 rings (SSSR count). The Morgan fingerprint density at radius 2 is 1.92 bits per heavy atom. The van der Waals surface area contributed by atoms with Gasteiger partial charge in [0.1, 0.15) is 0 Å². The zero-order valence-corrected chi connectivity index (χ0v) is 8.89. The van der Waals surface area contributed by atoms with Crippen LogP contribution in [0.15, 0.2) is 0 Å². The zero-order chi connectivity index (χ0) is 8.89. The van der Waals surface area contributed by atoms with Crippen LogP contribution < -0.4 is 0 Å². The Bertz CT molecular complexity index is 208. The predicted molar refractivity (Wildman–Crippen MR) is 55.5 cm³/mol. The summed E-state index contributed by atoms with van der Waals surface area (Å²) in [6.07, 6.45) is 12.6. The van der Waals surface area contributed by atoms with E-state index in [0.29, 0.717) is 0 Å². The van der Waals surface area contributed by atoms with E-state index >= 15 is 0 Å². The zero-order valence-electron chi connectivity index (χ0n) is 8.89. The molecule has 0 heteroatoms. The van der Waals surface area contributed by atoms with E-state index in [0.717, 1.165) is 23.2 Å². The lowest BCUT2D eigenvalue weighted by atomic mass is 9.73. The highest BCUT2D eigenvalue weighted by molar-refractivity contribution is 4.98. The van der Waals surface area contributed by atoms with Gasteiger partial charge in [-0.1, -0.05) is 19.8 Å². The number of fused-ring (bicyclic) bond motifs is 3. The minimum Gasteiger partial charge on any atom is -0.0620 e. The highest BCUT2D eigenvalue weighted by atomic mass is 14.5. The van der Waals surface area contributed by atoms with Crippen molar-refractivity contribution in [3.63, 3.8) is 0 Å². The molecule has 3 aliphatic rings. The molecule has 3 aliphatic carbocycles. The molecule has 1 spiro atoms. The van der Waals surface area contributed by atoms with Gasteiger partial charge in [-0.2, -0.15) is 0 Å². The van der Waals surface area contributed by atoms with Crippen LogP contribution in [0.25, 0.3) is 0 Å². The third kappa shape index (κ3) is 1.17. The summed E-state index contributed by atoms with van der Waals surface area (Å²) in [5.74, 6) is 3.31. The summed E-state index contributed by atoms with van der Waals surface area (Å²) in [7, 11) is 0. The monoisotopic (exact) mass is 178 g/mol. The van der Waals surface area contributed by atoms with Gasteiger partial charge < -0.3 is 0 Å². The molecule has 74 valence electrons. The number of hydrogen-bond acceptors (Lipinski definition) is 0. The van der Waals surface area contributed by atoms with Crippen LogP contribution in [0.4, 0.5) is 0 Å². The lowest BCUT2D eigenvalue weighted by molar-refractivity contribution is 0.181. The van der Waals surface area contributed by atoms with Crippen molar-refractivity contribution >= 4 is 0 Å². The normalized spacial score (nSPS) is 54.7. The summed E-state index contributed by atoms with van der Waals surface area (Å²) in [6.45, 7) is 2.53. The molecule has 3 fully saturated rings. The minimum absolute atomic E-state index is 0.829. The Kier molecular flexibility index (Phi) is 1.76. The molecule has 0 N–H and O–H groups in total. The second kappa shape index (κ2) is 2.74. The molecule has 0 nitrogen and oxygen atoms in total. The van der Waals surface area contributed by atoms with E-state index in [1.165, 1.54) is 0 Å². The molecule has 3 saturated carbocycles. The lowest BCUT2D eigenvalue weighted by Gasteiger charge is -2.32. The van der Waals surface area contributed by atoms with Crippen molar-refractivity contribution < 1.29 is 0 Å². The first-order valence-electron chi connectivity index (χ1n) is 6.28. The van der Waals surface area contributed by atoms with Crippen LogP contribution in [0.5, 0.6) is 0 Å². The molecule has 0 aromatic heterocycles. The quantitative estimate of drug-likeness (QED) is 0.526. The summed E-state index contributed by atoms with van der Waals surface area (Å²) in [6, 6.07) is 0. The first kappa shape index (κ1) is 8.32. The van der Waals surface area contributed by atoms with Crippen LogP contribution >= 0.6 is 0 Å². The Hall–Kier alpha value is 0. The minimum atomic E-state index is 0.829. The predicted octanol–water partition coefficient (Wildman–Crippen LogP) is 4.00. The fourth-order valence-corrected chi connectivity index (χ4v) is 4.70. The van der Waals surface area contributed by atoms with Crippen LogP contribution in [0, 0.1) is 23.2 Å². The summed E-state index contributed by atoms with van der Waals surface area (Å²) >= 11 is 0. The second-order valence-electron chi connectivity index (χ2n) is 6.10. The van der Waals surface area contributed by atoms with Gasteiger partial charge in [-0.3, -0.25) is 0 Å². The van der Waals surface area contributed by atoms with E-state index in [1.807, 2.05) is 0 Å². The average molecular weight is 178 g/mol. The van der Waals surface area contributed by atoms with Gasteiger partial charge in [0, 0.05) is 0 Å². The van der Waals surface area contributed by atoms with E-state index in [1.54, 1.807) is 51.4 Å². The van der Waals surface area contributed by atoms with Crippen molar-refractivity contribution in [2.45, 2.75) is 58.3 Å². The van der Waals surface area contributed by atoms with Crippen molar-refractivity contribution in [2.24, 2.45) is 23.2 Å². The molecular formula is C13H22. The Balaban J connectivity index is 1.95. The maximum atomic E-state index is 2.53. The largest absolute Gasteiger partial charge is 0.0620 e. The first-order valence-corrected chi connectivity index (χ1v) is 6.28. The maximum absolute atomic E-state index is 2.53. The smallest absolute Gasteiger partial charge is 0.0269 e. The van der Waals surface area contributed by atoms with E-state index in [4.69, 9.17) is 0 Å². The number of rotatable bonds is 0. The fraction of sp³-hybridized carbons (Fsp3) is 1.00. The van der Waals surface area contributed by atoms with Crippen LogP contribution in [0.3, 0.4) is 0 Å². The first-order chi connectivity index (χ1) is 6.28. The molecule has 0 saturated heterocycles. The average Bonchev–Trinajstić information content (AvgIpc) is 2.24. The highest BCUT2D eigenvalue weighted by Gasteiger charge is 2.48. The van der Waals surface area contributed by atoms with E-state index < -0.39 is 0 Å². The van der Waals surface area contributed by atoms with Crippen LogP contribution in [-0.4, -0.2) is 0 Å². The SMILES string of the molecule is CC1C[C@@H]2CC3CCCC1(CC3)C2. The summed E-state index contributed by atoms with van der Waals surface area (Å²) in [5, 5.41) is 0. The van der Waals surface area contributed by atoms with Gasteiger partial charge in [0.05, 0.1) is 0 Å². The number of hydrogen-bond donors (Lipinski definition) is 0. The molecular weight excluding hydrogens is 156 g/mol. The highest BCUT2D eigenvalue weighted by Crippen LogP contribution is 2.59. The molecule has 0 aromatic carbocycles. The molecule has 0 aliphatic heterocycles. The Labute approximate surface area is 82.1 Å². The van der Waals surface area contributed by atoms with Gasteiger partial charge in [-0.15, -0.1) is 0 Å². The van der Waals surface area contributed by atoms with Gasteiger partial charge in [-0.05, 0) is 61.7 Å². The second-order valence-corrected chi connectivity index (χ2v) is 6.10. The van der Waals surface area contributed by atoms with Crippen molar-refractivity contribution in [2.75, 3.05) is 0 Å². The third-order valence-electron chi connectivity index (χ3n) is 5.43. The fourth-order valence-electron chi connectivity index (χ4n) is 4.70. The summed E-state index contributed by atoms with van der Waals surface area (Å²) in [5.41, 5.74) is 0.829. The topological polar surface area (TPSA) is 0 Å². The van der Waals surface area contributed by atoms with Gasteiger partial charge in [0.2, 0.25) is 0 Å². The van der Waals surface area contributed by atoms with Crippen molar-refractivity contribution in [3.05, 3.63) is 0 Å². The Morgan fingerprint density at radius 1 is 1.00 bits per heavy atom. The molecule has 3 bridgehead atoms. The van der Waals surface area contributed by atoms with Crippen LogP contribution in [-0.2, 0) is 0 Å². The summed E-state index contributed by atoms with van der Waals surface area (Å²) < 4.78 is 0. The molecule has 0 radical (unpaired) electrons.